The van der Waals surface area contributed by atoms with Crippen molar-refractivity contribution < 1.29 is 13.2 Å². The second-order valence-electron chi connectivity index (χ2n) is 5.61. The van der Waals surface area contributed by atoms with Crippen LogP contribution in [0.2, 0.25) is 0 Å². The van der Waals surface area contributed by atoms with E-state index < -0.39 is 16.1 Å². The lowest BCUT2D eigenvalue weighted by atomic mass is 10.2. The maximum Gasteiger partial charge on any atom is 0.320 e. The minimum atomic E-state index is -3.50. The van der Waals surface area contributed by atoms with Crippen LogP contribution >= 0.6 is 0 Å². The van der Waals surface area contributed by atoms with Gasteiger partial charge in [0.05, 0.1) is 0 Å². The molecular weight excluding hydrogens is 316 g/mol. The van der Waals surface area contributed by atoms with Crippen LogP contribution in [0.15, 0.2) is 35.4 Å². The molecule has 0 saturated carbocycles. The molecule has 7 nitrogen and oxygen atoms in total. The summed E-state index contributed by atoms with van der Waals surface area (Å²) in [5.74, 6) is 0.293. The van der Waals surface area contributed by atoms with Gasteiger partial charge in [-0.15, -0.1) is 0 Å². The van der Waals surface area contributed by atoms with E-state index in [9.17, 15) is 13.2 Å². The number of carbonyl (C=O) groups excluding carboxylic acids is 1. The Balaban J connectivity index is 2.01. The first-order valence-electron chi connectivity index (χ1n) is 7.55. The summed E-state index contributed by atoms with van der Waals surface area (Å²) in [5.41, 5.74) is 0.830. The average Bonchev–Trinajstić information content (AvgIpc) is 2.54. The van der Waals surface area contributed by atoms with Crippen molar-refractivity contribution in [2.45, 2.75) is 31.1 Å². The van der Waals surface area contributed by atoms with Crippen LogP contribution in [0.25, 0.3) is 0 Å². The molecule has 0 bridgehead atoms. The molecule has 2 rings (SSSR count). The molecule has 2 heterocycles. The predicted octanol–water partition coefficient (Wildman–Crippen LogP) is 1.95. The molecule has 2 N–H and O–H groups in total. The van der Waals surface area contributed by atoms with Gasteiger partial charge in [0.1, 0.15) is 10.7 Å². The maximum absolute atomic E-state index is 12.5. The highest BCUT2D eigenvalue weighted by atomic mass is 32.2. The molecule has 0 spiro atoms. The number of rotatable bonds is 5. The number of amides is 2. The van der Waals surface area contributed by atoms with Gasteiger partial charge in [0, 0.05) is 25.8 Å². The number of carbonyl (C=O) groups is 1. The number of nitrogens with zero attached hydrogens (tertiary/aromatic N) is 2. The molecule has 23 heavy (non-hydrogen) atoms. The van der Waals surface area contributed by atoms with Gasteiger partial charge in [-0.3, -0.25) is 5.32 Å². The molecule has 126 valence electrons. The highest BCUT2D eigenvalue weighted by molar-refractivity contribution is 7.89. The fourth-order valence-electron chi connectivity index (χ4n) is 2.25. The third-order valence-electron chi connectivity index (χ3n) is 3.48. The molecule has 1 aliphatic heterocycles. The molecule has 1 aromatic rings. The molecule has 0 atom stereocenters. The largest absolute Gasteiger partial charge is 0.334 e. The Hall–Kier alpha value is -1.93. The van der Waals surface area contributed by atoms with E-state index in [2.05, 4.69) is 22.2 Å². The Morgan fingerprint density at radius 2 is 2.00 bits per heavy atom. The summed E-state index contributed by atoms with van der Waals surface area (Å²) < 4.78 is 26.4. The summed E-state index contributed by atoms with van der Waals surface area (Å²) in [4.78, 5) is 15.8. The number of pyridine rings is 1. The van der Waals surface area contributed by atoms with Crippen LogP contribution in [0.4, 0.5) is 10.6 Å². The first-order chi connectivity index (χ1) is 10.9. The van der Waals surface area contributed by atoms with E-state index in [0.717, 1.165) is 24.8 Å². The lowest BCUT2D eigenvalue weighted by molar-refractivity contribution is 0.252. The van der Waals surface area contributed by atoms with Crippen LogP contribution in [-0.2, 0) is 10.0 Å². The normalized spacial score (nSPS) is 15.9. The van der Waals surface area contributed by atoms with E-state index in [1.54, 1.807) is 6.92 Å². The standard InChI is InChI=1S/C15H22N4O3S/c1-12(2)10-17-15(20)18-14-7-6-13(11-16-14)23(21,22)19-8-4-3-5-9-19/h6-7,11H,1,3-5,8-10H2,2H3,(H2,16,17,18,20). The summed E-state index contributed by atoms with van der Waals surface area (Å²) in [6.45, 7) is 6.95. The molecule has 0 radical (unpaired) electrons. The highest BCUT2D eigenvalue weighted by Gasteiger charge is 2.26. The van der Waals surface area contributed by atoms with Crippen molar-refractivity contribution in [3.8, 4) is 0 Å². The smallest absolute Gasteiger partial charge is 0.320 e. The first kappa shape index (κ1) is 17.4. The molecule has 1 fully saturated rings. The fourth-order valence-corrected chi connectivity index (χ4v) is 3.72. The SMILES string of the molecule is C=C(C)CNC(=O)Nc1ccc(S(=O)(=O)N2CCCCC2)cn1. The van der Waals surface area contributed by atoms with Gasteiger partial charge in [-0.25, -0.2) is 18.2 Å². The highest BCUT2D eigenvalue weighted by Crippen LogP contribution is 2.20. The minimum absolute atomic E-state index is 0.146. The van der Waals surface area contributed by atoms with Crippen molar-refractivity contribution >= 4 is 21.9 Å². The summed E-state index contributed by atoms with van der Waals surface area (Å²) in [6, 6.07) is 2.54. The zero-order valence-corrected chi connectivity index (χ0v) is 14.0. The first-order valence-corrected chi connectivity index (χ1v) is 8.99. The number of hydrogen-bond donors (Lipinski definition) is 2. The lowest BCUT2D eigenvalue weighted by Crippen LogP contribution is -2.35. The molecular formula is C15H22N4O3S. The molecule has 0 unspecified atom stereocenters. The third kappa shape index (κ3) is 4.77. The maximum atomic E-state index is 12.5. The molecule has 1 saturated heterocycles. The van der Waals surface area contributed by atoms with E-state index >= 15 is 0 Å². The van der Waals surface area contributed by atoms with Gasteiger partial charge in [-0.2, -0.15) is 4.31 Å². The van der Waals surface area contributed by atoms with Gasteiger partial charge in [0.25, 0.3) is 0 Å². The average molecular weight is 338 g/mol. The van der Waals surface area contributed by atoms with Crippen LogP contribution in [0.3, 0.4) is 0 Å². The van der Waals surface area contributed by atoms with Crippen LogP contribution in [0.1, 0.15) is 26.2 Å². The zero-order chi connectivity index (χ0) is 16.9. The second kappa shape index (κ2) is 7.56. The monoisotopic (exact) mass is 338 g/mol. The van der Waals surface area contributed by atoms with Crippen molar-refractivity contribution in [2.75, 3.05) is 25.0 Å². The minimum Gasteiger partial charge on any atom is -0.334 e. The Labute approximate surface area is 136 Å². The van der Waals surface area contributed by atoms with Gasteiger partial charge in [-0.05, 0) is 31.9 Å². The number of aromatic nitrogens is 1. The number of anilines is 1. The van der Waals surface area contributed by atoms with Crippen LogP contribution in [0.5, 0.6) is 0 Å². The van der Waals surface area contributed by atoms with E-state index in [1.165, 1.54) is 22.6 Å². The van der Waals surface area contributed by atoms with Crippen molar-refractivity contribution in [2.24, 2.45) is 0 Å². The van der Waals surface area contributed by atoms with Crippen molar-refractivity contribution in [1.82, 2.24) is 14.6 Å². The Kier molecular flexibility index (Phi) is 5.73. The summed E-state index contributed by atoms with van der Waals surface area (Å²) in [6.07, 6.45) is 4.11. The van der Waals surface area contributed by atoms with E-state index in [4.69, 9.17) is 0 Å². The summed E-state index contributed by atoms with van der Waals surface area (Å²) in [5, 5.41) is 5.16. The van der Waals surface area contributed by atoms with Gasteiger partial charge in [-0.1, -0.05) is 18.6 Å². The third-order valence-corrected chi connectivity index (χ3v) is 5.36. The molecule has 0 aromatic carbocycles. The van der Waals surface area contributed by atoms with Crippen molar-refractivity contribution in [1.29, 1.82) is 0 Å². The Morgan fingerprint density at radius 3 is 2.57 bits per heavy atom. The van der Waals surface area contributed by atoms with Crippen LogP contribution in [0, 0.1) is 0 Å². The number of nitrogens with one attached hydrogen (secondary N) is 2. The number of sulfonamides is 1. The van der Waals surface area contributed by atoms with Gasteiger partial charge >= 0.3 is 6.03 Å². The molecule has 2 amide bonds. The number of piperidine rings is 1. The summed E-state index contributed by atoms with van der Waals surface area (Å²) in [7, 11) is -3.50. The van der Waals surface area contributed by atoms with E-state index in [1.807, 2.05) is 0 Å². The Morgan fingerprint density at radius 1 is 1.30 bits per heavy atom. The Bertz CT molecular complexity index is 664. The zero-order valence-electron chi connectivity index (χ0n) is 13.2. The second-order valence-corrected chi connectivity index (χ2v) is 7.55. The quantitative estimate of drug-likeness (QED) is 0.803. The van der Waals surface area contributed by atoms with Crippen LogP contribution in [-0.4, -0.2) is 43.4 Å². The van der Waals surface area contributed by atoms with E-state index in [-0.39, 0.29) is 4.90 Å². The van der Waals surface area contributed by atoms with Crippen molar-refractivity contribution in [3.05, 3.63) is 30.5 Å². The molecule has 1 aliphatic rings. The van der Waals surface area contributed by atoms with Gasteiger partial charge in [0.15, 0.2) is 0 Å². The number of urea groups is 1. The van der Waals surface area contributed by atoms with Gasteiger partial charge < -0.3 is 5.32 Å². The van der Waals surface area contributed by atoms with Gasteiger partial charge in [0.2, 0.25) is 10.0 Å². The molecule has 0 aliphatic carbocycles. The molecule has 8 heteroatoms. The van der Waals surface area contributed by atoms with Crippen molar-refractivity contribution in [3.63, 3.8) is 0 Å². The fraction of sp³-hybridized carbons (Fsp3) is 0.467. The lowest BCUT2D eigenvalue weighted by Gasteiger charge is -2.25. The predicted molar refractivity (Wildman–Crippen MR) is 88.7 cm³/mol. The number of hydrogen-bond acceptors (Lipinski definition) is 4. The topological polar surface area (TPSA) is 91.4 Å². The molecule has 1 aromatic heterocycles. The van der Waals surface area contributed by atoms with Crippen LogP contribution < -0.4 is 10.6 Å². The van der Waals surface area contributed by atoms with E-state index in [0.29, 0.717) is 25.5 Å². The summed E-state index contributed by atoms with van der Waals surface area (Å²) >= 11 is 0.